The van der Waals surface area contributed by atoms with Crippen molar-refractivity contribution < 1.29 is 9.90 Å². The highest BCUT2D eigenvalue weighted by Gasteiger charge is 2.21. The molecule has 1 unspecified atom stereocenters. The molecule has 9 heavy (non-hydrogen) atoms. The maximum Gasteiger partial charge on any atom is 0.325 e. The van der Waals surface area contributed by atoms with Gasteiger partial charge in [0.2, 0.25) is 0 Å². The Morgan fingerprint density at radius 2 is 2.56 bits per heavy atom. The zero-order chi connectivity index (χ0) is 6.85. The molecule has 0 amide bonds. The summed E-state index contributed by atoms with van der Waals surface area (Å²) in [6, 6.07) is -0.435. The molecule has 1 aliphatic heterocycles. The standard InChI is InChI=1S/C5H8NO2P/c7-5(8)4-2-1-3-6(4)9/h1-2,4H,3,9H2,(H,7,8)/t4-/m1/s1. The van der Waals surface area contributed by atoms with E-state index in [1.807, 2.05) is 6.08 Å². The van der Waals surface area contributed by atoms with Crippen LogP contribution in [-0.2, 0) is 4.79 Å². The molecule has 0 fully saturated rings. The molecule has 0 saturated heterocycles. The first-order chi connectivity index (χ1) is 4.22. The molecule has 0 aromatic rings. The van der Waals surface area contributed by atoms with Gasteiger partial charge in [0, 0.05) is 6.54 Å². The number of carboxylic acid groups (broad SMARTS) is 1. The van der Waals surface area contributed by atoms with Crippen molar-refractivity contribution in [3.63, 3.8) is 0 Å². The molecule has 3 nitrogen and oxygen atoms in total. The normalized spacial score (nSPS) is 27.0. The fourth-order valence-electron chi connectivity index (χ4n) is 0.760. The van der Waals surface area contributed by atoms with Crippen molar-refractivity contribution in [1.29, 1.82) is 0 Å². The second-order valence-corrected chi connectivity index (χ2v) is 2.57. The van der Waals surface area contributed by atoms with Crippen LogP contribution in [0, 0.1) is 0 Å². The third kappa shape index (κ3) is 1.29. The molecule has 50 valence electrons. The number of hydrogen-bond acceptors (Lipinski definition) is 2. The number of aliphatic carboxylic acids is 1. The fraction of sp³-hybridized carbons (Fsp3) is 0.400. The average molecular weight is 145 g/mol. The van der Waals surface area contributed by atoms with E-state index >= 15 is 0 Å². The summed E-state index contributed by atoms with van der Waals surface area (Å²) in [7, 11) is 2.37. The molecule has 0 aromatic carbocycles. The summed E-state index contributed by atoms with van der Waals surface area (Å²) >= 11 is 0. The minimum Gasteiger partial charge on any atom is -0.480 e. The molecular weight excluding hydrogens is 137 g/mol. The highest BCUT2D eigenvalue weighted by atomic mass is 31.0. The molecular formula is C5H8NO2P. The summed E-state index contributed by atoms with van der Waals surface area (Å²) in [5.74, 6) is -0.793. The lowest BCUT2D eigenvalue weighted by atomic mass is 10.3. The zero-order valence-corrected chi connectivity index (χ0v) is 5.97. The van der Waals surface area contributed by atoms with Crippen molar-refractivity contribution in [2.75, 3.05) is 6.54 Å². The topological polar surface area (TPSA) is 40.5 Å². The molecule has 0 aliphatic carbocycles. The average Bonchev–Trinajstić information content (AvgIpc) is 2.13. The first-order valence-corrected chi connectivity index (χ1v) is 3.14. The second kappa shape index (κ2) is 2.46. The number of hydrogen-bond donors (Lipinski definition) is 1. The monoisotopic (exact) mass is 145 g/mol. The first kappa shape index (κ1) is 6.72. The van der Waals surface area contributed by atoms with E-state index in [0.717, 1.165) is 0 Å². The second-order valence-electron chi connectivity index (χ2n) is 1.91. The van der Waals surface area contributed by atoms with Gasteiger partial charge < -0.3 is 5.11 Å². The van der Waals surface area contributed by atoms with Crippen molar-refractivity contribution in [3.05, 3.63) is 12.2 Å². The zero-order valence-electron chi connectivity index (χ0n) is 4.82. The first-order valence-electron chi connectivity index (χ1n) is 2.62. The van der Waals surface area contributed by atoms with Crippen LogP contribution in [0.2, 0.25) is 0 Å². The Kier molecular flexibility index (Phi) is 1.84. The molecule has 1 heterocycles. The van der Waals surface area contributed by atoms with Crippen LogP contribution in [0.1, 0.15) is 0 Å². The van der Waals surface area contributed by atoms with E-state index in [4.69, 9.17) is 5.11 Å². The van der Waals surface area contributed by atoms with E-state index in [1.165, 1.54) is 0 Å². The minimum atomic E-state index is -0.793. The Bertz CT molecular complexity index is 157. The van der Waals surface area contributed by atoms with Crippen LogP contribution < -0.4 is 0 Å². The van der Waals surface area contributed by atoms with Crippen LogP contribution in [-0.4, -0.2) is 28.3 Å². The smallest absolute Gasteiger partial charge is 0.325 e. The van der Waals surface area contributed by atoms with Gasteiger partial charge in [-0.25, -0.2) is 0 Å². The fourth-order valence-corrected chi connectivity index (χ4v) is 1.11. The molecule has 1 rings (SSSR count). The van der Waals surface area contributed by atoms with Crippen LogP contribution in [0.15, 0.2) is 12.2 Å². The molecule has 0 aromatic heterocycles. The summed E-state index contributed by atoms with van der Waals surface area (Å²) in [4.78, 5) is 10.3. The summed E-state index contributed by atoms with van der Waals surface area (Å²) in [5.41, 5.74) is 0. The molecule has 0 bridgehead atoms. The number of carbonyl (C=O) groups is 1. The minimum absolute atomic E-state index is 0.435. The van der Waals surface area contributed by atoms with Gasteiger partial charge in [-0.05, 0) is 0 Å². The van der Waals surface area contributed by atoms with Crippen LogP contribution in [0.25, 0.3) is 0 Å². The van der Waals surface area contributed by atoms with Crippen LogP contribution in [0.4, 0.5) is 0 Å². The number of carboxylic acids is 1. The van der Waals surface area contributed by atoms with E-state index in [2.05, 4.69) is 9.39 Å². The highest BCUT2D eigenvalue weighted by Crippen LogP contribution is 2.13. The summed E-state index contributed by atoms with van der Waals surface area (Å²) in [6.45, 7) is 0.710. The quantitative estimate of drug-likeness (QED) is 0.420. The van der Waals surface area contributed by atoms with Crippen molar-refractivity contribution in [2.24, 2.45) is 0 Å². The van der Waals surface area contributed by atoms with Crippen LogP contribution in [0.5, 0.6) is 0 Å². The highest BCUT2D eigenvalue weighted by molar-refractivity contribution is 7.13. The lowest BCUT2D eigenvalue weighted by Crippen LogP contribution is -2.28. The molecule has 0 saturated carbocycles. The van der Waals surface area contributed by atoms with E-state index in [-0.39, 0.29) is 0 Å². The lowest BCUT2D eigenvalue weighted by Gasteiger charge is -2.12. The summed E-state index contributed by atoms with van der Waals surface area (Å²) in [5, 5.41) is 8.48. The van der Waals surface area contributed by atoms with Crippen molar-refractivity contribution in [3.8, 4) is 0 Å². The molecule has 0 radical (unpaired) electrons. The van der Waals surface area contributed by atoms with Gasteiger partial charge in [0.1, 0.15) is 6.04 Å². The number of rotatable bonds is 1. The van der Waals surface area contributed by atoms with Crippen molar-refractivity contribution in [1.82, 2.24) is 4.67 Å². The van der Waals surface area contributed by atoms with E-state index in [1.54, 1.807) is 10.7 Å². The van der Waals surface area contributed by atoms with Gasteiger partial charge in [0.25, 0.3) is 0 Å². The van der Waals surface area contributed by atoms with Gasteiger partial charge >= 0.3 is 5.97 Å². The van der Waals surface area contributed by atoms with Crippen molar-refractivity contribution in [2.45, 2.75) is 6.04 Å². The van der Waals surface area contributed by atoms with Gasteiger partial charge in [0.05, 0.1) is 0 Å². The Labute approximate surface area is 55.6 Å². The predicted molar refractivity (Wildman–Crippen MR) is 37.0 cm³/mol. The van der Waals surface area contributed by atoms with E-state index < -0.39 is 12.0 Å². The van der Waals surface area contributed by atoms with Gasteiger partial charge in [-0.2, -0.15) is 0 Å². The Balaban J connectivity index is 2.59. The van der Waals surface area contributed by atoms with Gasteiger partial charge in [-0.3, -0.25) is 9.46 Å². The number of nitrogens with zero attached hydrogens (tertiary/aromatic N) is 1. The Morgan fingerprint density at radius 3 is 2.78 bits per heavy atom. The maximum atomic E-state index is 10.3. The predicted octanol–water partition coefficient (Wildman–Crippen LogP) is 0.102. The van der Waals surface area contributed by atoms with Crippen LogP contribution >= 0.6 is 9.39 Å². The van der Waals surface area contributed by atoms with E-state index in [0.29, 0.717) is 6.54 Å². The maximum absolute atomic E-state index is 10.3. The van der Waals surface area contributed by atoms with Crippen LogP contribution in [0.3, 0.4) is 0 Å². The third-order valence-electron chi connectivity index (χ3n) is 1.24. The molecule has 1 N–H and O–H groups in total. The molecule has 2 atom stereocenters. The largest absolute Gasteiger partial charge is 0.480 e. The van der Waals surface area contributed by atoms with Gasteiger partial charge in [-0.1, -0.05) is 21.5 Å². The summed E-state index contributed by atoms with van der Waals surface area (Å²) < 4.78 is 1.68. The molecule has 1 aliphatic rings. The van der Waals surface area contributed by atoms with E-state index in [9.17, 15) is 4.79 Å². The Hall–Kier alpha value is -0.400. The molecule has 0 spiro atoms. The third-order valence-corrected chi connectivity index (χ3v) is 1.78. The molecule has 4 heteroatoms. The Morgan fingerprint density at radius 1 is 1.89 bits per heavy atom. The SMILES string of the molecule is O=C(O)[C@H]1C=CCN1P. The summed E-state index contributed by atoms with van der Waals surface area (Å²) in [6.07, 6.45) is 3.51. The van der Waals surface area contributed by atoms with Gasteiger partial charge in [-0.15, -0.1) is 0 Å². The lowest BCUT2D eigenvalue weighted by molar-refractivity contribution is -0.139. The van der Waals surface area contributed by atoms with Crippen molar-refractivity contribution >= 4 is 15.4 Å². The van der Waals surface area contributed by atoms with Gasteiger partial charge in [0.15, 0.2) is 0 Å².